The van der Waals surface area contributed by atoms with E-state index in [2.05, 4.69) is 20.9 Å². The fraction of sp³-hybridized carbons (Fsp3) is 0.353. The maximum absolute atomic E-state index is 14.4. The van der Waals surface area contributed by atoms with Crippen molar-refractivity contribution in [1.29, 1.82) is 0 Å². The third-order valence-corrected chi connectivity index (χ3v) is 7.78. The zero-order valence-electron chi connectivity index (χ0n) is 24.8. The zero-order valence-corrected chi connectivity index (χ0v) is 24.8. The molecule has 3 aromatic carbocycles. The SMILES string of the molecule is CCCC(N[C@H]1CCc2cc(F)cc(F)c2C1)C(=O)Nc1cn(-c2ccccc2CNCC(O)COc2ccccc2)cn1. The Kier molecular flexibility index (Phi) is 10.7. The Morgan fingerprint density at radius 3 is 2.75 bits per heavy atom. The van der Waals surface area contributed by atoms with E-state index in [1.165, 1.54) is 6.07 Å². The number of carbonyl (C=O) groups excluding carboxylic acids is 1. The number of hydrogen-bond donors (Lipinski definition) is 4. The van der Waals surface area contributed by atoms with Crippen LogP contribution in [0.4, 0.5) is 14.6 Å². The second kappa shape index (κ2) is 15.1. The molecule has 0 bridgehead atoms. The molecular formula is C34H39F2N5O3. The molecule has 8 nitrogen and oxygen atoms in total. The predicted octanol–water partition coefficient (Wildman–Crippen LogP) is 4.93. The molecule has 2 unspecified atom stereocenters. The molecule has 0 radical (unpaired) electrons. The first-order chi connectivity index (χ1) is 21.4. The minimum absolute atomic E-state index is 0.0925. The highest BCUT2D eigenvalue weighted by Crippen LogP contribution is 2.26. The van der Waals surface area contributed by atoms with Gasteiger partial charge in [0.2, 0.25) is 5.91 Å². The number of aliphatic hydroxyl groups excluding tert-OH is 1. The van der Waals surface area contributed by atoms with E-state index >= 15 is 0 Å². The van der Waals surface area contributed by atoms with Gasteiger partial charge in [0.25, 0.3) is 0 Å². The molecule has 4 N–H and O–H groups in total. The summed E-state index contributed by atoms with van der Waals surface area (Å²) in [6, 6.07) is 19.0. The van der Waals surface area contributed by atoms with Gasteiger partial charge in [-0.25, -0.2) is 13.8 Å². The maximum atomic E-state index is 14.4. The molecule has 3 atom stereocenters. The molecule has 10 heteroatoms. The molecule has 44 heavy (non-hydrogen) atoms. The van der Waals surface area contributed by atoms with Crippen LogP contribution in [0.3, 0.4) is 0 Å². The van der Waals surface area contributed by atoms with Crippen LogP contribution in [0.1, 0.15) is 42.9 Å². The summed E-state index contributed by atoms with van der Waals surface area (Å²) in [5.74, 6) is -0.159. The molecule has 0 spiro atoms. The third kappa shape index (κ3) is 8.28. The Hall–Kier alpha value is -4.12. The number of nitrogens with zero attached hydrogens (tertiary/aromatic N) is 2. The van der Waals surface area contributed by atoms with Gasteiger partial charge in [-0.1, -0.05) is 49.7 Å². The van der Waals surface area contributed by atoms with Crippen LogP contribution in [0.15, 0.2) is 79.3 Å². The molecule has 0 saturated heterocycles. The lowest BCUT2D eigenvalue weighted by Gasteiger charge is -2.29. The first-order valence-corrected chi connectivity index (χ1v) is 15.1. The first kappa shape index (κ1) is 31.3. The van der Waals surface area contributed by atoms with E-state index in [0.717, 1.165) is 23.7 Å². The number of imidazole rings is 1. The summed E-state index contributed by atoms with van der Waals surface area (Å²) < 4.78 is 35.5. The molecule has 0 aliphatic heterocycles. The Labute approximate surface area is 256 Å². The van der Waals surface area contributed by atoms with Crippen LogP contribution in [-0.2, 0) is 24.2 Å². The van der Waals surface area contributed by atoms with Crippen molar-refractivity contribution in [2.45, 2.75) is 63.8 Å². The number of rotatable bonds is 14. The minimum atomic E-state index is -0.674. The summed E-state index contributed by atoms with van der Waals surface area (Å²) >= 11 is 0. The highest BCUT2D eigenvalue weighted by atomic mass is 19.1. The number of ether oxygens (including phenoxy) is 1. The fourth-order valence-electron chi connectivity index (χ4n) is 5.58. The van der Waals surface area contributed by atoms with Gasteiger partial charge < -0.3 is 30.4 Å². The fourth-order valence-corrected chi connectivity index (χ4v) is 5.58. The summed E-state index contributed by atoms with van der Waals surface area (Å²) in [5, 5.41) is 20.0. The standard InChI is InChI=1S/C34H39F2N5O3/c1-2-8-31(39-26-14-13-23-15-25(35)16-30(36)29(23)17-26)34(43)40-33-20-41(22-38-33)32-12-7-6-9-24(32)18-37-19-27(42)21-44-28-10-4-3-5-11-28/h3-7,9-12,15-16,20,22,26-27,31,37,39,42H,2,8,13-14,17-19,21H2,1H3,(H,40,43)/t26-,27?,31?/m0/s1. The van der Waals surface area contributed by atoms with Crippen molar-refractivity contribution in [3.05, 3.63) is 108 Å². The van der Waals surface area contributed by atoms with E-state index in [1.807, 2.05) is 66.1 Å². The lowest BCUT2D eigenvalue weighted by molar-refractivity contribution is -0.118. The number of aryl methyl sites for hydroxylation is 1. The van der Waals surface area contributed by atoms with Crippen LogP contribution >= 0.6 is 0 Å². The normalized spacial score (nSPS) is 15.8. The van der Waals surface area contributed by atoms with Crippen molar-refractivity contribution in [1.82, 2.24) is 20.2 Å². The number of amides is 1. The summed E-state index contributed by atoms with van der Waals surface area (Å²) in [7, 11) is 0. The van der Waals surface area contributed by atoms with Crippen molar-refractivity contribution in [3.8, 4) is 11.4 Å². The lowest BCUT2D eigenvalue weighted by Crippen LogP contribution is -2.48. The molecule has 1 aliphatic carbocycles. The van der Waals surface area contributed by atoms with Crippen molar-refractivity contribution in [2.75, 3.05) is 18.5 Å². The van der Waals surface area contributed by atoms with Crippen molar-refractivity contribution in [3.63, 3.8) is 0 Å². The largest absolute Gasteiger partial charge is 0.491 e. The van der Waals surface area contributed by atoms with Gasteiger partial charge in [0, 0.05) is 25.2 Å². The van der Waals surface area contributed by atoms with E-state index in [1.54, 1.807) is 12.5 Å². The van der Waals surface area contributed by atoms with E-state index in [-0.39, 0.29) is 18.6 Å². The number of halogens is 2. The maximum Gasteiger partial charge on any atom is 0.242 e. The van der Waals surface area contributed by atoms with Gasteiger partial charge in [-0.3, -0.25) is 4.79 Å². The number of anilines is 1. The van der Waals surface area contributed by atoms with Crippen LogP contribution in [0.5, 0.6) is 5.75 Å². The molecule has 1 amide bonds. The number of para-hydroxylation sites is 2. The van der Waals surface area contributed by atoms with Gasteiger partial charge in [0.05, 0.1) is 17.9 Å². The number of benzene rings is 3. The average Bonchev–Trinajstić information content (AvgIpc) is 3.49. The van der Waals surface area contributed by atoms with Gasteiger partial charge in [0.1, 0.15) is 36.4 Å². The topological polar surface area (TPSA) is 100 Å². The summed E-state index contributed by atoms with van der Waals surface area (Å²) in [6.07, 6.45) is 5.80. The van der Waals surface area contributed by atoms with Crippen LogP contribution in [-0.4, -0.2) is 51.9 Å². The molecule has 232 valence electrons. The van der Waals surface area contributed by atoms with Gasteiger partial charge >= 0.3 is 0 Å². The van der Waals surface area contributed by atoms with Crippen LogP contribution in [0, 0.1) is 11.6 Å². The third-order valence-electron chi connectivity index (χ3n) is 7.78. The van der Waals surface area contributed by atoms with Crippen LogP contribution in [0.2, 0.25) is 0 Å². The first-order valence-electron chi connectivity index (χ1n) is 15.1. The average molecular weight is 604 g/mol. The van der Waals surface area contributed by atoms with Crippen molar-refractivity contribution < 1.29 is 23.4 Å². The number of fused-ring (bicyclic) bond motifs is 1. The molecular weight excluding hydrogens is 564 g/mol. The highest BCUT2D eigenvalue weighted by molar-refractivity contribution is 5.94. The number of carbonyl (C=O) groups is 1. The number of aromatic nitrogens is 2. The quantitative estimate of drug-likeness (QED) is 0.163. The molecule has 4 aromatic rings. The van der Waals surface area contributed by atoms with Gasteiger partial charge in [0.15, 0.2) is 5.82 Å². The van der Waals surface area contributed by atoms with Gasteiger partial charge in [-0.2, -0.15) is 0 Å². The summed E-state index contributed by atoms with van der Waals surface area (Å²) in [6.45, 7) is 3.06. The number of nitrogens with one attached hydrogen (secondary N) is 3. The van der Waals surface area contributed by atoms with E-state index in [0.29, 0.717) is 61.5 Å². The second-order valence-corrected chi connectivity index (χ2v) is 11.2. The molecule has 0 fully saturated rings. The number of aliphatic hydroxyl groups is 1. The van der Waals surface area contributed by atoms with E-state index in [9.17, 15) is 18.7 Å². The van der Waals surface area contributed by atoms with Crippen molar-refractivity contribution >= 4 is 11.7 Å². The van der Waals surface area contributed by atoms with E-state index in [4.69, 9.17) is 4.74 Å². The summed E-state index contributed by atoms with van der Waals surface area (Å²) in [5.41, 5.74) is 3.11. The molecule has 0 saturated carbocycles. The van der Waals surface area contributed by atoms with Crippen LogP contribution in [0.25, 0.3) is 5.69 Å². The summed E-state index contributed by atoms with van der Waals surface area (Å²) in [4.78, 5) is 17.7. The number of hydrogen-bond acceptors (Lipinski definition) is 6. The predicted molar refractivity (Wildman–Crippen MR) is 166 cm³/mol. The van der Waals surface area contributed by atoms with Gasteiger partial charge in [-0.15, -0.1) is 0 Å². The smallest absolute Gasteiger partial charge is 0.242 e. The molecule has 5 rings (SSSR count). The lowest BCUT2D eigenvalue weighted by atomic mass is 9.87. The zero-order chi connectivity index (χ0) is 30.9. The molecule has 1 aliphatic rings. The Bertz CT molecular complexity index is 1530. The van der Waals surface area contributed by atoms with E-state index < -0.39 is 23.8 Å². The van der Waals surface area contributed by atoms with Gasteiger partial charge in [-0.05, 0) is 66.6 Å². The molecule has 1 aromatic heterocycles. The van der Waals surface area contributed by atoms with Crippen LogP contribution < -0.4 is 20.7 Å². The second-order valence-electron chi connectivity index (χ2n) is 11.2. The monoisotopic (exact) mass is 603 g/mol. The van der Waals surface area contributed by atoms with Crippen molar-refractivity contribution in [2.24, 2.45) is 0 Å². The Balaban J connectivity index is 1.16. The Morgan fingerprint density at radius 1 is 1.14 bits per heavy atom. The molecule has 1 heterocycles. The Morgan fingerprint density at radius 2 is 1.93 bits per heavy atom. The minimum Gasteiger partial charge on any atom is -0.491 e. The highest BCUT2D eigenvalue weighted by Gasteiger charge is 2.27.